The summed E-state index contributed by atoms with van der Waals surface area (Å²) >= 11 is 0. The van der Waals surface area contributed by atoms with Crippen LogP contribution in [0.2, 0.25) is 0 Å². The van der Waals surface area contributed by atoms with Crippen molar-refractivity contribution in [2.75, 3.05) is 49.5 Å². The van der Waals surface area contributed by atoms with Crippen LogP contribution in [0, 0.1) is 0 Å². The molecule has 1 aromatic heterocycles. The largest absolute Gasteiger partial charge is 0.479 e. The molecule has 0 amide bonds. The number of nitrogens with one attached hydrogen (secondary N) is 1. The Bertz CT molecular complexity index is 940. The summed E-state index contributed by atoms with van der Waals surface area (Å²) in [6.45, 7) is 11.0. The minimum Gasteiger partial charge on any atom is -0.479 e. The third-order valence-electron chi connectivity index (χ3n) is 5.23. The summed E-state index contributed by atoms with van der Waals surface area (Å²) in [4.78, 5) is 13.5. The molecule has 30 heavy (non-hydrogen) atoms. The molecule has 0 aliphatic carbocycles. The standard InChI is InChI=1S/C21H31N5O3S/c1-5-10-25-11-13-26(14-12-25)21-22-15-19(20(23-21)29-4)24-30(27,28)18-8-6-17(7-9-18)16(2)3/h6-9,15-16,24H,5,10-14H2,1-4H3. The Balaban J connectivity index is 1.75. The first-order chi connectivity index (χ1) is 14.3. The lowest BCUT2D eigenvalue weighted by Crippen LogP contribution is -2.47. The molecule has 2 aromatic rings. The maximum absolute atomic E-state index is 12.8. The van der Waals surface area contributed by atoms with Crippen LogP contribution in [0.5, 0.6) is 5.88 Å². The van der Waals surface area contributed by atoms with Crippen molar-refractivity contribution < 1.29 is 13.2 Å². The van der Waals surface area contributed by atoms with Gasteiger partial charge in [0.1, 0.15) is 5.69 Å². The van der Waals surface area contributed by atoms with Gasteiger partial charge in [0.25, 0.3) is 10.0 Å². The Morgan fingerprint density at radius 2 is 1.80 bits per heavy atom. The molecule has 1 saturated heterocycles. The van der Waals surface area contributed by atoms with E-state index in [0.717, 1.165) is 44.7 Å². The van der Waals surface area contributed by atoms with E-state index < -0.39 is 10.0 Å². The van der Waals surface area contributed by atoms with E-state index in [1.165, 1.54) is 13.3 Å². The van der Waals surface area contributed by atoms with Crippen LogP contribution in [0.25, 0.3) is 0 Å². The lowest BCUT2D eigenvalue weighted by Gasteiger charge is -2.34. The summed E-state index contributed by atoms with van der Waals surface area (Å²) in [6.07, 6.45) is 2.61. The topological polar surface area (TPSA) is 87.7 Å². The number of sulfonamides is 1. The fraction of sp³-hybridized carbons (Fsp3) is 0.524. The monoisotopic (exact) mass is 433 g/mol. The normalized spacial score (nSPS) is 15.4. The molecule has 0 spiro atoms. The number of ether oxygens (including phenoxy) is 1. The summed E-state index contributed by atoms with van der Waals surface area (Å²) in [6, 6.07) is 6.87. The van der Waals surface area contributed by atoms with Crippen LogP contribution in [-0.2, 0) is 10.0 Å². The molecule has 1 aliphatic rings. The zero-order chi connectivity index (χ0) is 21.7. The first kappa shape index (κ1) is 22.3. The van der Waals surface area contributed by atoms with Gasteiger partial charge in [-0.25, -0.2) is 13.4 Å². The Hall–Kier alpha value is -2.39. The fourth-order valence-corrected chi connectivity index (χ4v) is 4.50. The van der Waals surface area contributed by atoms with Gasteiger partial charge in [-0.3, -0.25) is 9.62 Å². The van der Waals surface area contributed by atoms with Crippen molar-refractivity contribution in [3.63, 3.8) is 0 Å². The molecule has 1 aliphatic heterocycles. The zero-order valence-electron chi connectivity index (χ0n) is 18.1. The van der Waals surface area contributed by atoms with Crippen molar-refractivity contribution in [2.45, 2.75) is 38.0 Å². The SMILES string of the molecule is CCCN1CCN(c2ncc(NS(=O)(=O)c3ccc(C(C)C)cc3)c(OC)n2)CC1. The third-order valence-corrected chi connectivity index (χ3v) is 6.61. The molecule has 1 N–H and O–H groups in total. The van der Waals surface area contributed by atoms with Crippen LogP contribution in [0.3, 0.4) is 0 Å². The van der Waals surface area contributed by atoms with Crippen LogP contribution in [0.4, 0.5) is 11.6 Å². The average Bonchev–Trinajstić information content (AvgIpc) is 2.74. The Labute approximate surface area is 179 Å². The number of anilines is 2. The molecule has 1 aromatic carbocycles. The summed E-state index contributed by atoms with van der Waals surface area (Å²) < 4.78 is 33.5. The van der Waals surface area contributed by atoms with Gasteiger partial charge in [-0.15, -0.1) is 0 Å². The number of methoxy groups -OCH3 is 1. The van der Waals surface area contributed by atoms with E-state index in [1.54, 1.807) is 12.1 Å². The van der Waals surface area contributed by atoms with Gasteiger partial charge in [-0.05, 0) is 36.6 Å². The molecular weight excluding hydrogens is 402 g/mol. The van der Waals surface area contributed by atoms with Crippen molar-refractivity contribution in [3.05, 3.63) is 36.0 Å². The number of benzene rings is 1. The van der Waals surface area contributed by atoms with Gasteiger partial charge in [-0.2, -0.15) is 4.98 Å². The average molecular weight is 434 g/mol. The molecule has 3 rings (SSSR count). The van der Waals surface area contributed by atoms with Gasteiger partial charge in [0.2, 0.25) is 11.8 Å². The van der Waals surface area contributed by atoms with Crippen LogP contribution in [0.15, 0.2) is 35.4 Å². The van der Waals surface area contributed by atoms with Gasteiger partial charge < -0.3 is 9.64 Å². The molecule has 9 heteroatoms. The first-order valence-electron chi connectivity index (χ1n) is 10.3. The maximum atomic E-state index is 12.8. The van der Waals surface area contributed by atoms with Gasteiger partial charge in [-0.1, -0.05) is 32.9 Å². The summed E-state index contributed by atoms with van der Waals surface area (Å²) in [5.74, 6) is 1.09. The van der Waals surface area contributed by atoms with Gasteiger partial charge >= 0.3 is 0 Å². The Morgan fingerprint density at radius 1 is 1.13 bits per heavy atom. The summed E-state index contributed by atoms with van der Waals surface area (Å²) in [5, 5.41) is 0. The second-order valence-corrected chi connectivity index (χ2v) is 9.43. The molecule has 2 heterocycles. The van der Waals surface area contributed by atoms with E-state index in [9.17, 15) is 8.42 Å². The van der Waals surface area contributed by atoms with Crippen molar-refractivity contribution in [1.82, 2.24) is 14.9 Å². The zero-order valence-corrected chi connectivity index (χ0v) is 18.9. The van der Waals surface area contributed by atoms with E-state index in [4.69, 9.17) is 4.74 Å². The molecule has 1 fully saturated rings. The van der Waals surface area contributed by atoms with E-state index in [2.05, 4.69) is 45.3 Å². The van der Waals surface area contributed by atoms with Crippen LogP contribution in [-0.4, -0.2) is 63.1 Å². The first-order valence-corrected chi connectivity index (χ1v) is 11.8. The van der Waals surface area contributed by atoms with Crippen molar-refractivity contribution in [3.8, 4) is 5.88 Å². The lowest BCUT2D eigenvalue weighted by atomic mass is 10.0. The van der Waals surface area contributed by atoms with E-state index >= 15 is 0 Å². The Kier molecular flexibility index (Phi) is 7.14. The predicted octanol–water partition coefficient (Wildman–Crippen LogP) is 2.94. The number of aromatic nitrogens is 2. The maximum Gasteiger partial charge on any atom is 0.262 e. The Morgan fingerprint density at radius 3 is 2.37 bits per heavy atom. The molecule has 0 atom stereocenters. The molecular formula is C21H31N5O3S. The smallest absolute Gasteiger partial charge is 0.262 e. The number of nitrogens with zero attached hydrogens (tertiary/aromatic N) is 4. The minimum atomic E-state index is -3.77. The second-order valence-electron chi connectivity index (χ2n) is 7.75. The lowest BCUT2D eigenvalue weighted by molar-refractivity contribution is 0.257. The second kappa shape index (κ2) is 9.61. The summed E-state index contributed by atoms with van der Waals surface area (Å²) in [5.41, 5.74) is 1.30. The van der Waals surface area contributed by atoms with Crippen LogP contribution in [0.1, 0.15) is 38.7 Å². The van der Waals surface area contributed by atoms with Crippen LogP contribution < -0.4 is 14.4 Å². The molecule has 164 valence electrons. The van der Waals surface area contributed by atoms with Crippen molar-refractivity contribution >= 4 is 21.7 Å². The number of hydrogen-bond acceptors (Lipinski definition) is 7. The molecule has 0 radical (unpaired) electrons. The highest BCUT2D eigenvalue weighted by Crippen LogP contribution is 2.27. The van der Waals surface area contributed by atoms with Gasteiger partial charge in [0.15, 0.2) is 0 Å². The summed E-state index contributed by atoms with van der Waals surface area (Å²) in [7, 11) is -2.30. The number of hydrogen-bond donors (Lipinski definition) is 1. The van der Waals surface area contributed by atoms with E-state index in [-0.39, 0.29) is 16.5 Å². The molecule has 0 saturated carbocycles. The third kappa shape index (κ3) is 5.20. The van der Waals surface area contributed by atoms with Gasteiger partial charge in [0, 0.05) is 26.2 Å². The highest BCUT2D eigenvalue weighted by atomic mass is 32.2. The van der Waals surface area contributed by atoms with Gasteiger partial charge in [0.05, 0.1) is 18.2 Å². The quantitative estimate of drug-likeness (QED) is 0.685. The fourth-order valence-electron chi connectivity index (χ4n) is 3.46. The van der Waals surface area contributed by atoms with Crippen molar-refractivity contribution in [1.29, 1.82) is 0 Å². The molecule has 8 nitrogen and oxygen atoms in total. The van der Waals surface area contributed by atoms with E-state index in [0.29, 0.717) is 11.9 Å². The molecule has 0 bridgehead atoms. The van der Waals surface area contributed by atoms with Crippen LogP contribution >= 0.6 is 0 Å². The minimum absolute atomic E-state index is 0.185. The highest BCUT2D eigenvalue weighted by Gasteiger charge is 2.22. The highest BCUT2D eigenvalue weighted by molar-refractivity contribution is 7.92. The van der Waals surface area contributed by atoms with Crippen molar-refractivity contribution in [2.24, 2.45) is 0 Å². The van der Waals surface area contributed by atoms with E-state index in [1.807, 2.05) is 12.1 Å². The predicted molar refractivity (Wildman–Crippen MR) is 119 cm³/mol. The number of piperazine rings is 1. The number of rotatable bonds is 8. The molecule has 0 unspecified atom stereocenters.